The van der Waals surface area contributed by atoms with Crippen molar-refractivity contribution in [2.75, 3.05) is 6.61 Å². The van der Waals surface area contributed by atoms with Crippen LogP contribution in [-0.2, 0) is 14.3 Å². The molecule has 0 bridgehead atoms. The lowest BCUT2D eigenvalue weighted by atomic mass is 10.0. The van der Waals surface area contributed by atoms with E-state index < -0.39 is 5.97 Å². The Hall–Kier alpha value is -1.06. The molecule has 0 aliphatic rings. The van der Waals surface area contributed by atoms with Crippen molar-refractivity contribution in [2.45, 2.75) is 206 Å². The summed E-state index contributed by atoms with van der Waals surface area (Å²) in [6.07, 6.45) is 36.8. The molecular weight excluding hydrogens is 496 g/mol. The van der Waals surface area contributed by atoms with E-state index in [-0.39, 0.29) is 5.97 Å². The van der Waals surface area contributed by atoms with Crippen molar-refractivity contribution in [3.05, 3.63) is 0 Å². The second kappa shape index (κ2) is 32.5. The standard InChI is InChI=1S/C36H70O4/c1-34(2)30-26-22-18-14-10-7-8-12-16-20-24-28-32-36(39)40-33-29-25-21-17-13-9-5-3-4-6-11-15-19-23-27-31-35(37)38/h34H,3-33H2,1-2H3,(H,37,38). The second-order valence-electron chi connectivity index (χ2n) is 12.8. The van der Waals surface area contributed by atoms with Gasteiger partial charge in [0.2, 0.25) is 0 Å². The summed E-state index contributed by atoms with van der Waals surface area (Å²) in [5.74, 6) is 0.202. The van der Waals surface area contributed by atoms with Gasteiger partial charge in [-0.1, -0.05) is 174 Å². The molecule has 0 aliphatic heterocycles. The molecule has 0 aromatic heterocycles. The van der Waals surface area contributed by atoms with E-state index in [2.05, 4.69) is 13.8 Å². The maximum atomic E-state index is 11.9. The van der Waals surface area contributed by atoms with Gasteiger partial charge in [0.25, 0.3) is 0 Å². The van der Waals surface area contributed by atoms with Gasteiger partial charge >= 0.3 is 11.9 Å². The number of esters is 1. The van der Waals surface area contributed by atoms with Gasteiger partial charge in [-0.15, -0.1) is 0 Å². The van der Waals surface area contributed by atoms with E-state index in [1.807, 2.05) is 0 Å². The smallest absolute Gasteiger partial charge is 0.305 e. The number of carbonyl (C=O) groups excluding carboxylic acids is 1. The predicted molar refractivity (Wildman–Crippen MR) is 172 cm³/mol. The van der Waals surface area contributed by atoms with Crippen molar-refractivity contribution in [2.24, 2.45) is 5.92 Å². The van der Waals surface area contributed by atoms with Crippen molar-refractivity contribution in [1.82, 2.24) is 0 Å². The summed E-state index contributed by atoms with van der Waals surface area (Å²) in [7, 11) is 0. The highest BCUT2D eigenvalue weighted by Gasteiger charge is 2.03. The van der Waals surface area contributed by atoms with Crippen LogP contribution < -0.4 is 0 Å². The van der Waals surface area contributed by atoms with Crippen LogP contribution in [0.4, 0.5) is 0 Å². The molecule has 0 amide bonds. The summed E-state index contributed by atoms with van der Waals surface area (Å²) >= 11 is 0. The maximum absolute atomic E-state index is 11.9. The fourth-order valence-corrected chi connectivity index (χ4v) is 5.52. The van der Waals surface area contributed by atoms with E-state index in [1.165, 1.54) is 154 Å². The first kappa shape index (κ1) is 38.9. The summed E-state index contributed by atoms with van der Waals surface area (Å²) in [6, 6.07) is 0. The first-order valence-electron chi connectivity index (χ1n) is 17.9. The van der Waals surface area contributed by atoms with Gasteiger partial charge in [0.15, 0.2) is 0 Å². The van der Waals surface area contributed by atoms with Gasteiger partial charge in [-0.25, -0.2) is 0 Å². The highest BCUT2D eigenvalue weighted by molar-refractivity contribution is 5.69. The molecule has 0 unspecified atom stereocenters. The van der Waals surface area contributed by atoms with Crippen LogP contribution in [0.25, 0.3) is 0 Å². The molecule has 0 rings (SSSR count). The highest BCUT2D eigenvalue weighted by Crippen LogP contribution is 2.16. The molecule has 0 aliphatic carbocycles. The summed E-state index contributed by atoms with van der Waals surface area (Å²) < 4.78 is 5.43. The zero-order chi connectivity index (χ0) is 29.4. The zero-order valence-corrected chi connectivity index (χ0v) is 27.2. The third-order valence-electron chi connectivity index (χ3n) is 8.21. The molecule has 0 saturated heterocycles. The van der Waals surface area contributed by atoms with Gasteiger partial charge in [-0.05, 0) is 25.2 Å². The van der Waals surface area contributed by atoms with Gasteiger partial charge in [0.05, 0.1) is 6.61 Å². The van der Waals surface area contributed by atoms with Gasteiger partial charge < -0.3 is 9.84 Å². The normalized spacial score (nSPS) is 11.4. The number of carbonyl (C=O) groups is 2. The Bertz CT molecular complexity index is 531. The number of aliphatic carboxylic acids is 1. The zero-order valence-electron chi connectivity index (χ0n) is 27.2. The molecule has 0 fully saturated rings. The molecule has 40 heavy (non-hydrogen) atoms. The van der Waals surface area contributed by atoms with Gasteiger partial charge in [0, 0.05) is 12.8 Å². The number of rotatable bonds is 33. The maximum Gasteiger partial charge on any atom is 0.305 e. The van der Waals surface area contributed by atoms with Gasteiger partial charge in [-0.2, -0.15) is 0 Å². The van der Waals surface area contributed by atoms with Crippen LogP contribution in [0, 0.1) is 5.92 Å². The second-order valence-corrected chi connectivity index (χ2v) is 12.8. The van der Waals surface area contributed by atoms with Crippen LogP contribution in [0.3, 0.4) is 0 Å². The Morgan fingerprint density at radius 1 is 0.450 bits per heavy atom. The lowest BCUT2D eigenvalue weighted by Crippen LogP contribution is -2.05. The minimum absolute atomic E-state index is 0.00609. The first-order chi connectivity index (χ1) is 19.5. The lowest BCUT2D eigenvalue weighted by Gasteiger charge is -2.06. The molecular formula is C36H70O4. The first-order valence-corrected chi connectivity index (χ1v) is 17.9. The Kier molecular flexibility index (Phi) is 31.6. The van der Waals surface area contributed by atoms with E-state index >= 15 is 0 Å². The summed E-state index contributed by atoms with van der Waals surface area (Å²) in [5, 5.41) is 8.62. The molecule has 0 aromatic rings. The van der Waals surface area contributed by atoms with Crippen molar-refractivity contribution >= 4 is 11.9 Å². The molecule has 1 N–H and O–H groups in total. The topological polar surface area (TPSA) is 63.6 Å². The van der Waals surface area contributed by atoms with Crippen LogP contribution >= 0.6 is 0 Å². The van der Waals surface area contributed by atoms with E-state index in [0.717, 1.165) is 31.6 Å². The number of carboxylic acids is 1. The van der Waals surface area contributed by atoms with Crippen LogP contribution in [-0.4, -0.2) is 23.7 Å². The minimum atomic E-state index is -0.666. The summed E-state index contributed by atoms with van der Waals surface area (Å²) in [6.45, 7) is 5.25. The molecule has 0 spiro atoms. The molecule has 0 radical (unpaired) electrons. The minimum Gasteiger partial charge on any atom is -0.481 e. The van der Waals surface area contributed by atoms with E-state index in [9.17, 15) is 9.59 Å². The summed E-state index contributed by atoms with van der Waals surface area (Å²) in [5.41, 5.74) is 0. The number of hydrogen-bond acceptors (Lipinski definition) is 3. The quantitative estimate of drug-likeness (QED) is 0.0633. The molecule has 4 nitrogen and oxygen atoms in total. The van der Waals surface area contributed by atoms with Crippen molar-refractivity contribution < 1.29 is 19.4 Å². The fourth-order valence-electron chi connectivity index (χ4n) is 5.52. The van der Waals surface area contributed by atoms with E-state index in [1.54, 1.807) is 0 Å². The number of unbranched alkanes of at least 4 members (excludes halogenated alkanes) is 25. The SMILES string of the molecule is CC(C)CCCCCCCCCCCCCCC(=O)OCCCCCCCCCCCCCCCCCC(=O)O. The number of ether oxygens (including phenoxy) is 1. The van der Waals surface area contributed by atoms with Gasteiger partial charge in [0.1, 0.15) is 0 Å². The lowest BCUT2D eigenvalue weighted by molar-refractivity contribution is -0.144. The Morgan fingerprint density at radius 3 is 1.10 bits per heavy atom. The van der Waals surface area contributed by atoms with Crippen LogP contribution in [0.1, 0.15) is 206 Å². The van der Waals surface area contributed by atoms with Crippen molar-refractivity contribution in [3.63, 3.8) is 0 Å². The van der Waals surface area contributed by atoms with Crippen LogP contribution in [0.15, 0.2) is 0 Å². The molecule has 0 aromatic carbocycles. The van der Waals surface area contributed by atoms with E-state index in [4.69, 9.17) is 9.84 Å². The molecule has 0 atom stereocenters. The number of hydrogen-bond donors (Lipinski definition) is 1. The third-order valence-corrected chi connectivity index (χ3v) is 8.21. The Labute approximate surface area is 250 Å². The van der Waals surface area contributed by atoms with E-state index in [0.29, 0.717) is 19.4 Å². The highest BCUT2D eigenvalue weighted by atomic mass is 16.5. The fraction of sp³-hybridized carbons (Fsp3) is 0.944. The van der Waals surface area contributed by atoms with Gasteiger partial charge in [-0.3, -0.25) is 9.59 Å². The Balaban J connectivity index is 3.16. The van der Waals surface area contributed by atoms with Crippen molar-refractivity contribution in [1.29, 1.82) is 0 Å². The predicted octanol–water partition coefficient (Wildman–Crippen LogP) is 12.0. The number of carboxylic acid groups (broad SMARTS) is 1. The average Bonchev–Trinajstić information content (AvgIpc) is 2.92. The Morgan fingerprint density at radius 2 is 0.750 bits per heavy atom. The molecule has 0 saturated carbocycles. The molecule has 0 heterocycles. The largest absolute Gasteiger partial charge is 0.481 e. The summed E-state index contributed by atoms with van der Waals surface area (Å²) in [4.78, 5) is 22.4. The van der Waals surface area contributed by atoms with Crippen molar-refractivity contribution in [3.8, 4) is 0 Å². The third kappa shape index (κ3) is 35.0. The molecule has 238 valence electrons. The van der Waals surface area contributed by atoms with Crippen LogP contribution in [0.2, 0.25) is 0 Å². The monoisotopic (exact) mass is 567 g/mol. The van der Waals surface area contributed by atoms with Crippen LogP contribution in [0.5, 0.6) is 0 Å². The molecule has 4 heteroatoms. The average molecular weight is 567 g/mol.